The zero-order valence-electron chi connectivity index (χ0n) is 12.9. The summed E-state index contributed by atoms with van der Waals surface area (Å²) in [5.41, 5.74) is 5.18. The topological polar surface area (TPSA) is 41.5 Å². The molecule has 0 spiro atoms. The fourth-order valence-electron chi connectivity index (χ4n) is 1.94. The highest BCUT2D eigenvalue weighted by Gasteiger charge is 2.12. The lowest BCUT2D eigenvalue weighted by molar-refractivity contribution is 0.0955. The monoisotopic (exact) mass is 314 g/mol. The predicted octanol–water partition coefficient (Wildman–Crippen LogP) is 4.40. The maximum Gasteiger partial charge on any atom is 0.272 e. The fourth-order valence-corrected chi connectivity index (χ4v) is 2.16. The van der Waals surface area contributed by atoms with Gasteiger partial charge in [0, 0.05) is 0 Å². The van der Waals surface area contributed by atoms with Crippen molar-refractivity contribution in [2.45, 2.75) is 26.2 Å². The second-order valence-electron chi connectivity index (χ2n) is 6.05. The lowest BCUT2D eigenvalue weighted by Crippen LogP contribution is -2.18. The molecular weight excluding hydrogens is 296 g/mol. The number of rotatable bonds is 3. The highest BCUT2D eigenvalue weighted by molar-refractivity contribution is 6.33. The van der Waals surface area contributed by atoms with Crippen molar-refractivity contribution in [1.29, 1.82) is 0 Å². The molecular formula is C18H19ClN2O. The van der Waals surface area contributed by atoms with Gasteiger partial charge in [0.25, 0.3) is 5.91 Å². The average molecular weight is 315 g/mol. The molecule has 4 heteroatoms. The lowest BCUT2D eigenvalue weighted by Gasteiger charge is -2.18. The molecule has 0 aliphatic heterocycles. The standard InChI is InChI=1S/C18H19ClN2O/c1-18(2,3)14-10-8-13(9-11-14)12-20-21-17(22)15-6-4-5-7-16(15)19/h4-12H,1-3H3,(H,21,22)/b20-12-. The number of carbonyl (C=O) groups excluding carboxylic acids is 1. The Morgan fingerprint density at radius 3 is 2.32 bits per heavy atom. The molecule has 0 radical (unpaired) electrons. The second-order valence-corrected chi connectivity index (χ2v) is 6.46. The van der Waals surface area contributed by atoms with Crippen LogP contribution in [0.5, 0.6) is 0 Å². The van der Waals surface area contributed by atoms with Crippen LogP contribution in [0.3, 0.4) is 0 Å². The number of hydrazone groups is 1. The van der Waals surface area contributed by atoms with Crippen LogP contribution in [0.15, 0.2) is 53.6 Å². The van der Waals surface area contributed by atoms with Gasteiger partial charge in [0.05, 0.1) is 16.8 Å². The number of nitrogens with one attached hydrogen (secondary N) is 1. The van der Waals surface area contributed by atoms with Gasteiger partial charge >= 0.3 is 0 Å². The van der Waals surface area contributed by atoms with E-state index in [9.17, 15) is 4.79 Å². The van der Waals surface area contributed by atoms with Crippen LogP contribution in [0, 0.1) is 0 Å². The largest absolute Gasteiger partial charge is 0.272 e. The minimum Gasteiger partial charge on any atom is -0.267 e. The molecule has 1 N–H and O–H groups in total. The summed E-state index contributed by atoms with van der Waals surface area (Å²) in [5, 5.41) is 4.37. The second kappa shape index (κ2) is 6.75. The summed E-state index contributed by atoms with van der Waals surface area (Å²) >= 11 is 5.96. The number of hydrogen-bond donors (Lipinski definition) is 1. The third-order valence-electron chi connectivity index (χ3n) is 3.27. The van der Waals surface area contributed by atoms with Gasteiger partial charge in [-0.05, 0) is 28.7 Å². The Morgan fingerprint density at radius 2 is 1.73 bits per heavy atom. The van der Waals surface area contributed by atoms with Gasteiger partial charge in [0.1, 0.15) is 0 Å². The smallest absolute Gasteiger partial charge is 0.267 e. The van der Waals surface area contributed by atoms with Crippen molar-refractivity contribution in [1.82, 2.24) is 5.43 Å². The lowest BCUT2D eigenvalue weighted by atomic mass is 9.87. The molecule has 0 heterocycles. The maximum atomic E-state index is 11.9. The molecule has 22 heavy (non-hydrogen) atoms. The van der Waals surface area contributed by atoms with Crippen molar-refractivity contribution < 1.29 is 4.79 Å². The summed E-state index contributed by atoms with van der Waals surface area (Å²) in [7, 11) is 0. The zero-order chi connectivity index (χ0) is 16.2. The molecule has 0 atom stereocenters. The van der Waals surface area contributed by atoms with Crippen molar-refractivity contribution in [2.24, 2.45) is 5.10 Å². The zero-order valence-corrected chi connectivity index (χ0v) is 13.7. The molecule has 0 aliphatic rings. The molecule has 0 aromatic heterocycles. The van der Waals surface area contributed by atoms with Gasteiger partial charge in [0.15, 0.2) is 0 Å². The first kappa shape index (κ1) is 16.2. The Kier molecular flexibility index (Phi) is 4.99. The highest BCUT2D eigenvalue weighted by Crippen LogP contribution is 2.21. The molecule has 2 aromatic rings. The molecule has 2 rings (SSSR count). The molecule has 0 saturated heterocycles. The highest BCUT2D eigenvalue weighted by atomic mass is 35.5. The average Bonchev–Trinajstić information content (AvgIpc) is 2.47. The molecule has 0 fully saturated rings. The van der Waals surface area contributed by atoms with Gasteiger partial charge in [0.2, 0.25) is 0 Å². The van der Waals surface area contributed by atoms with Crippen molar-refractivity contribution in [2.75, 3.05) is 0 Å². The quantitative estimate of drug-likeness (QED) is 0.662. The van der Waals surface area contributed by atoms with E-state index in [1.54, 1.807) is 30.5 Å². The molecule has 1 amide bonds. The molecule has 3 nitrogen and oxygen atoms in total. The van der Waals surface area contributed by atoms with Gasteiger partial charge in [-0.15, -0.1) is 0 Å². The Balaban J connectivity index is 2.01. The Bertz CT molecular complexity index is 685. The maximum absolute atomic E-state index is 11.9. The SMILES string of the molecule is CC(C)(C)c1ccc(/C=N\NC(=O)c2ccccc2Cl)cc1. The van der Waals surface area contributed by atoms with Gasteiger partial charge in [-0.25, -0.2) is 5.43 Å². The van der Waals surface area contributed by atoms with E-state index in [4.69, 9.17) is 11.6 Å². The van der Waals surface area contributed by atoms with E-state index in [0.29, 0.717) is 10.6 Å². The molecule has 0 aliphatic carbocycles. The summed E-state index contributed by atoms with van der Waals surface area (Å²) in [6, 6.07) is 15.0. The van der Waals surface area contributed by atoms with E-state index in [0.717, 1.165) is 5.56 Å². The minimum absolute atomic E-state index is 0.119. The van der Waals surface area contributed by atoms with E-state index in [1.165, 1.54) is 5.56 Å². The number of benzene rings is 2. The summed E-state index contributed by atoms with van der Waals surface area (Å²) in [6.45, 7) is 6.50. The van der Waals surface area contributed by atoms with Crippen LogP contribution in [-0.4, -0.2) is 12.1 Å². The summed E-state index contributed by atoms with van der Waals surface area (Å²) in [4.78, 5) is 11.9. The molecule has 114 valence electrons. The van der Waals surface area contributed by atoms with E-state index >= 15 is 0 Å². The first-order chi connectivity index (χ1) is 10.4. The molecule has 2 aromatic carbocycles. The number of amides is 1. The number of halogens is 1. The van der Waals surface area contributed by atoms with Gasteiger partial charge in [-0.2, -0.15) is 5.10 Å². The minimum atomic E-state index is -0.326. The number of nitrogens with zero attached hydrogens (tertiary/aromatic N) is 1. The normalized spacial score (nSPS) is 11.6. The third-order valence-corrected chi connectivity index (χ3v) is 3.60. The van der Waals surface area contributed by atoms with Crippen LogP contribution >= 0.6 is 11.6 Å². The Hall–Kier alpha value is -2.13. The van der Waals surface area contributed by atoms with Crippen molar-refractivity contribution in [3.05, 3.63) is 70.2 Å². The number of carbonyl (C=O) groups is 1. The summed E-state index contributed by atoms with van der Waals surface area (Å²) < 4.78 is 0. The van der Waals surface area contributed by atoms with Crippen LogP contribution in [0.1, 0.15) is 42.3 Å². The predicted molar refractivity (Wildman–Crippen MR) is 91.7 cm³/mol. The van der Waals surface area contributed by atoms with Crippen molar-refractivity contribution >= 4 is 23.7 Å². The van der Waals surface area contributed by atoms with Gasteiger partial charge < -0.3 is 0 Å². The van der Waals surface area contributed by atoms with Crippen LogP contribution in [0.4, 0.5) is 0 Å². The Labute approximate surface area is 136 Å². The third kappa shape index (κ3) is 4.18. The van der Waals surface area contributed by atoms with Crippen LogP contribution in [-0.2, 0) is 5.41 Å². The van der Waals surface area contributed by atoms with Crippen molar-refractivity contribution in [3.8, 4) is 0 Å². The summed E-state index contributed by atoms with van der Waals surface area (Å²) in [6.07, 6.45) is 1.61. The van der Waals surface area contributed by atoms with Gasteiger partial charge in [-0.1, -0.05) is 68.8 Å². The Morgan fingerprint density at radius 1 is 1.09 bits per heavy atom. The molecule has 0 saturated carbocycles. The van der Waals surface area contributed by atoms with Crippen LogP contribution < -0.4 is 5.43 Å². The van der Waals surface area contributed by atoms with E-state index in [-0.39, 0.29) is 11.3 Å². The van der Waals surface area contributed by atoms with E-state index < -0.39 is 0 Å². The molecule has 0 bridgehead atoms. The van der Waals surface area contributed by atoms with E-state index in [2.05, 4.69) is 43.4 Å². The van der Waals surface area contributed by atoms with Crippen LogP contribution in [0.2, 0.25) is 5.02 Å². The first-order valence-electron chi connectivity index (χ1n) is 7.06. The fraction of sp³-hybridized carbons (Fsp3) is 0.222. The van der Waals surface area contributed by atoms with Gasteiger partial charge in [-0.3, -0.25) is 4.79 Å². The molecule has 0 unspecified atom stereocenters. The van der Waals surface area contributed by atoms with E-state index in [1.807, 2.05) is 12.1 Å². The first-order valence-corrected chi connectivity index (χ1v) is 7.44. The van der Waals surface area contributed by atoms with Crippen molar-refractivity contribution in [3.63, 3.8) is 0 Å². The van der Waals surface area contributed by atoms with Crippen LogP contribution in [0.25, 0.3) is 0 Å². The number of hydrogen-bond acceptors (Lipinski definition) is 2. The summed E-state index contributed by atoms with van der Waals surface area (Å²) in [5.74, 6) is -0.326.